The summed E-state index contributed by atoms with van der Waals surface area (Å²) in [5.74, 6) is -1.37. The largest absolute Gasteiger partial charge is 0.483 e. The highest BCUT2D eigenvalue weighted by Crippen LogP contribution is 2.61. The number of unbranched alkanes of at least 4 members (excludes halogenated alkanes) is 6. The Hall–Kier alpha value is -1.32. The number of carbonyl (C=O) groups is 2. The molecule has 2 atom stereocenters. The summed E-state index contributed by atoms with van der Waals surface area (Å²) in [7, 11) is -10.2. The minimum atomic E-state index is -5.31. The minimum absolute atomic E-state index is 0.148. The molecule has 0 rings (SSSR count). The SMILES string of the molecule is C=C(C)C(=O)OC(CCCCCC)COP(=O)(OCC(CCCCCC)OC(=O)C(=C)C)OP(=O)(O)O. The second-order valence-electron chi connectivity index (χ2n) is 8.92. The molecule has 0 aromatic heterocycles. The summed E-state index contributed by atoms with van der Waals surface area (Å²) in [5.41, 5.74) is 0.296. The predicted molar refractivity (Wildman–Crippen MR) is 140 cm³/mol. The smallest absolute Gasteiger partial charge is 0.457 e. The molecule has 216 valence electrons. The Morgan fingerprint density at radius 3 is 1.41 bits per heavy atom. The van der Waals surface area contributed by atoms with Gasteiger partial charge in [0.25, 0.3) is 0 Å². The van der Waals surface area contributed by atoms with Crippen molar-refractivity contribution >= 4 is 27.6 Å². The highest BCUT2D eigenvalue weighted by molar-refractivity contribution is 7.61. The summed E-state index contributed by atoms with van der Waals surface area (Å²) in [6.45, 7) is 13.1. The first-order chi connectivity index (χ1) is 17.2. The van der Waals surface area contributed by atoms with Crippen molar-refractivity contribution in [3.8, 4) is 0 Å². The Kier molecular flexibility index (Phi) is 18.2. The van der Waals surface area contributed by atoms with Gasteiger partial charge in [0.15, 0.2) is 0 Å². The van der Waals surface area contributed by atoms with Gasteiger partial charge < -0.3 is 19.3 Å². The van der Waals surface area contributed by atoms with E-state index in [2.05, 4.69) is 17.5 Å². The first kappa shape index (κ1) is 35.7. The summed E-state index contributed by atoms with van der Waals surface area (Å²) in [4.78, 5) is 42.6. The Labute approximate surface area is 220 Å². The summed E-state index contributed by atoms with van der Waals surface area (Å²) < 4.78 is 50.1. The Bertz CT molecular complexity index is 770. The van der Waals surface area contributed by atoms with Crippen molar-refractivity contribution in [2.24, 2.45) is 0 Å². The van der Waals surface area contributed by atoms with E-state index in [0.29, 0.717) is 25.7 Å². The zero-order chi connectivity index (χ0) is 28.5. The molecular formula is C24H44O11P2. The van der Waals surface area contributed by atoms with Crippen LogP contribution in [0.15, 0.2) is 24.3 Å². The lowest BCUT2D eigenvalue weighted by atomic mass is 10.1. The number of esters is 2. The van der Waals surface area contributed by atoms with Gasteiger partial charge in [0.1, 0.15) is 12.2 Å². The quantitative estimate of drug-likeness (QED) is 0.0666. The van der Waals surface area contributed by atoms with Gasteiger partial charge in [-0.3, -0.25) is 9.05 Å². The van der Waals surface area contributed by atoms with E-state index in [1.165, 1.54) is 13.8 Å². The van der Waals surface area contributed by atoms with E-state index in [0.717, 1.165) is 38.5 Å². The molecular weight excluding hydrogens is 526 g/mol. The molecule has 0 heterocycles. The standard InChI is InChI=1S/C24H44O11P2/c1-7-9-11-13-15-21(33-23(25)19(3)4)17-31-37(30,35-36(27,28)29)32-18-22(16-14-12-10-8-2)34-24(26)20(5)6/h21-22H,3,5,7-18H2,1-2,4,6H3,(H2,27,28,29). The number of phosphoric acid groups is 2. The zero-order valence-electron chi connectivity index (χ0n) is 22.5. The van der Waals surface area contributed by atoms with Crippen LogP contribution in [0.4, 0.5) is 0 Å². The Balaban J connectivity index is 5.49. The fraction of sp³-hybridized carbons (Fsp3) is 0.750. The molecule has 0 aliphatic heterocycles. The third-order valence-corrected chi connectivity index (χ3v) is 7.63. The van der Waals surface area contributed by atoms with Gasteiger partial charge in [-0.05, 0) is 39.5 Å². The van der Waals surface area contributed by atoms with Crippen molar-refractivity contribution in [1.82, 2.24) is 0 Å². The van der Waals surface area contributed by atoms with Crippen molar-refractivity contribution in [1.29, 1.82) is 0 Å². The lowest BCUT2D eigenvalue weighted by Gasteiger charge is -2.24. The molecule has 2 N–H and O–H groups in total. The number of hydrogen-bond donors (Lipinski definition) is 2. The van der Waals surface area contributed by atoms with Crippen LogP contribution in [0.25, 0.3) is 0 Å². The maximum atomic E-state index is 13.2. The Morgan fingerprint density at radius 2 is 1.11 bits per heavy atom. The molecule has 0 amide bonds. The van der Waals surface area contributed by atoms with Crippen molar-refractivity contribution in [2.45, 2.75) is 104 Å². The van der Waals surface area contributed by atoms with Gasteiger partial charge >= 0.3 is 27.6 Å². The van der Waals surface area contributed by atoms with E-state index in [1.807, 2.05) is 13.8 Å². The highest BCUT2D eigenvalue weighted by Gasteiger charge is 2.38. The molecule has 37 heavy (non-hydrogen) atoms. The molecule has 0 aliphatic rings. The van der Waals surface area contributed by atoms with E-state index in [9.17, 15) is 28.5 Å². The number of hydrogen-bond acceptors (Lipinski definition) is 9. The van der Waals surface area contributed by atoms with E-state index in [1.54, 1.807) is 0 Å². The molecule has 2 unspecified atom stereocenters. The van der Waals surface area contributed by atoms with Crippen LogP contribution in [0.3, 0.4) is 0 Å². The van der Waals surface area contributed by atoms with Crippen LogP contribution < -0.4 is 0 Å². The van der Waals surface area contributed by atoms with Crippen LogP contribution in [-0.2, 0) is 41.6 Å². The molecule has 0 saturated heterocycles. The van der Waals surface area contributed by atoms with Gasteiger partial charge in [-0.25, -0.2) is 18.7 Å². The molecule has 0 fully saturated rings. The number of ether oxygens (including phenoxy) is 2. The van der Waals surface area contributed by atoms with E-state index in [4.69, 9.17) is 18.5 Å². The lowest BCUT2D eigenvalue weighted by molar-refractivity contribution is -0.146. The van der Waals surface area contributed by atoms with E-state index >= 15 is 0 Å². The second-order valence-corrected chi connectivity index (χ2v) is 12.0. The second kappa shape index (κ2) is 18.9. The van der Waals surface area contributed by atoms with Gasteiger partial charge in [0.2, 0.25) is 0 Å². The fourth-order valence-corrected chi connectivity index (χ4v) is 5.21. The van der Waals surface area contributed by atoms with Gasteiger partial charge in [-0.1, -0.05) is 65.5 Å². The van der Waals surface area contributed by atoms with E-state index in [-0.39, 0.29) is 11.1 Å². The van der Waals surface area contributed by atoms with Crippen molar-refractivity contribution in [3.05, 3.63) is 24.3 Å². The lowest BCUT2D eigenvalue weighted by Crippen LogP contribution is -2.26. The normalized spacial score (nSPS) is 14.9. The summed E-state index contributed by atoms with van der Waals surface area (Å²) >= 11 is 0. The maximum Gasteiger partial charge on any atom is 0.483 e. The molecule has 0 saturated carbocycles. The fourth-order valence-electron chi connectivity index (χ4n) is 3.02. The van der Waals surface area contributed by atoms with Gasteiger partial charge in [0, 0.05) is 11.1 Å². The third-order valence-electron chi connectivity index (χ3n) is 5.05. The van der Waals surface area contributed by atoms with E-state index < -0.39 is 53.0 Å². The van der Waals surface area contributed by atoms with Crippen LogP contribution in [-0.4, -0.2) is 47.1 Å². The van der Waals surface area contributed by atoms with Gasteiger partial charge in [-0.15, -0.1) is 0 Å². The number of carbonyl (C=O) groups excluding carboxylic acids is 2. The Morgan fingerprint density at radius 1 is 0.730 bits per heavy atom. The maximum absolute atomic E-state index is 13.2. The van der Waals surface area contributed by atoms with Crippen molar-refractivity contribution in [3.63, 3.8) is 0 Å². The van der Waals surface area contributed by atoms with Crippen LogP contribution in [0, 0.1) is 0 Å². The number of phosphoric ester groups is 1. The molecule has 13 heteroatoms. The van der Waals surface area contributed by atoms with Crippen LogP contribution in [0.1, 0.15) is 91.9 Å². The highest BCUT2D eigenvalue weighted by atomic mass is 31.3. The molecule has 11 nitrogen and oxygen atoms in total. The molecule has 0 aromatic rings. The molecule has 0 aliphatic carbocycles. The average molecular weight is 571 g/mol. The summed E-state index contributed by atoms with van der Waals surface area (Å²) in [6, 6.07) is 0. The first-order valence-electron chi connectivity index (χ1n) is 12.6. The van der Waals surface area contributed by atoms with Crippen molar-refractivity contribution < 1.29 is 51.3 Å². The summed E-state index contributed by atoms with van der Waals surface area (Å²) in [6.07, 6.45) is 5.91. The van der Waals surface area contributed by atoms with Crippen LogP contribution >= 0.6 is 15.6 Å². The molecule has 0 radical (unpaired) electrons. The summed E-state index contributed by atoms with van der Waals surface area (Å²) in [5, 5.41) is 0. The van der Waals surface area contributed by atoms with Crippen LogP contribution in [0.5, 0.6) is 0 Å². The van der Waals surface area contributed by atoms with Crippen molar-refractivity contribution in [2.75, 3.05) is 13.2 Å². The monoisotopic (exact) mass is 570 g/mol. The first-order valence-corrected chi connectivity index (χ1v) is 15.6. The molecule has 0 aromatic carbocycles. The van der Waals surface area contributed by atoms with Gasteiger partial charge in [0.05, 0.1) is 13.2 Å². The van der Waals surface area contributed by atoms with Gasteiger partial charge in [-0.2, -0.15) is 4.31 Å². The number of rotatable bonds is 22. The molecule has 0 spiro atoms. The minimum Gasteiger partial charge on any atom is -0.457 e. The zero-order valence-corrected chi connectivity index (χ0v) is 24.3. The molecule has 0 bridgehead atoms. The third kappa shape index (κ3) is 18.6. The average Bonchev–Trinajstić information content (AvgIpc) is 2.79. The van der Waals surface area contributed by atoms with Crippen LogP contribution in [0.2, 0.25) is 0 Å². The topological polar surface area (TPSA) is 155 Å². The predicted octanol–water partition coefficient (Wildman–Crippen LogP) is 6.15.